The Morgan fingerprint density at radius 1 is 1.40 bits per heavy atom. The highest BCUT2D eigenvalue weighted by atomic mass is 16.4. The lowest BCUT2D eigenvalue weighted by molar-refractivity contribution is -0.130. The van der Waals surface area contributed by atoms with Crippen molar-refractivity contribution in [1.82, 2.24) is 20.4 Å². The third-order valence-corrected chi connectivity index (χ3v) is 3.30. The Labute approximate surface area is 119 Å². The summed E-state index contributed by atoms with van der Waals surface area (Å²) in [4.78, 5) is 14.0. The van der Waals surface area contributed by atoms with Crippen molar-refractivity contribution in [2.45, 2.75) is 45.7 Å². The zero-order chi connectivity index (χ0) is 14.4. The van der Waals surface area contributed by atoms with E-state index in [4.69, 9.17) is 4.42 Å². The maximum absolute atomic E-state index is 12.1. The first-order chi connectivity index (χ1) is 9.70. The van der Waals surface area contributed by atoms with Gasteiger partial charge in [-0.25, -0.2) is 0 Å². The number of rotatable bonds is 7. The van der Waals surface area contributed by atoms with Gasteiger partial charge in [0.2, 0.25) is 11.8 Å². The molecule has 112 valence electrons. The molecule has 1 aromatic heterocycles. The van der Waals surface area contributed by atoms with Gasteiger partial charge in [0.15, 0.2) is 0 Å². The summed E-state index contributed by atoms with van der Waals surface area (Å²) in [6.45, 7) is 7.08. The minimum absolute atomic E-state index is 0.0892. The third-order valence-electron chi connectivity index (χ3n) is 3.30. The summed E-state index contributed by atoms with van der Waals surface area (Å²) in [6, 6.07) is -0.0386. The summed E-state index contributed by atoms with van der Waals surface area (Å²) in [7, 11) is 0. The molecule has 1 unspecified atom stereocenters. The van der Waals surface area contributed by atoms with Crippen molar-refractivity contribution in [2.24, 2.45) is 0 Å². The van der Waals surface area contributed by atoms with Gasteiger partial charge in [0.1, 0.15) is 6.04 Å². The summed E-state index contributed by atoms with van der Waals surface area (Å²) in [5, 5.41) is 14.0. The monoisotopic (exact) mass is 281 g/mol. The zero-order valence-electron chi connectivity index (χ0n) is 12.2. The Morgan fingerprint density at radius 3 is 2.85 bits per heavy atom. The minimum atomic E-state index is -0.343. The Kier molecular flexibility index (Phi) is 5.34. The number of nitrogens with zero attached hydrogens (tertiary/aromatic N) is 3. The van der Waals surface area contributed by atoms with E-state index in [1.807, 2.05) is 11.8 Å². The number of nitrogens with one attached hydrogen (secondary N) is 2. The smallest absolute Gasteiger partial charge is 0.316 e. The minimum Gasteiger partial charge on any atom is -0.407 e. The maximum atomic E-state index is 12.1. The van der Waals surface area contributed by atoms with Crippen LogP contribution in [-0.4, -0.2) is 46.7 Å². The van der Waals surface area contributed by atoms with E-state index in [9.17, 15) is 4.79 Å². The number of anilines is 1. The summed E-state index contributed by atoms with van der Waals surface area (Å²) in [5.74, 6) is 0.619. The standard InChI is InChI=1S/C13H23N5O2/c1-3-6-14-9-11-16-17-13(20-11)15-10(2)12(19)18-7-4-5-8-18/h10,14H,3-9H2,1-2H3,(H,15,17). The van der Waals surface area contributed by atoms with Crippen LogP contribution >= 0.6 is 0 Å². The fourth-order valence-corrected chi connectivity index (χ4v) is 2.21. The van der Waals surface area contributed by atoms with Crippen molar-refractivity contribution < 1.29 is 9.21 Å². The molecule has 0 saturated carbocycles. The molecule has 2 N–H and O–H groups in total. The highest BCUT2D eigenvalue weighted by Gasteiger charge is 2.24. The number of hydrogen-bond donors (Lipinski definition) is 2. The Bertz CT molecular complexity index is 428. The highest BCUT2D eigenvalue weighted by Crippen LogP contribution is 2.12. The SMILES string of the molecule is CCCNCc1nnc(NC(C)C(=O)N2CCCC2)o1. The van der Waals surface area contributed by atoms with Crippen LogP contribution < -0.4 is 10.6 Å². The molecule has 0 radical (unpaired) electrons. The molecule has 1 saturated heterocycles. The van der Waals surface area contributed by atoms with Gasteiger partial charge in [0.25, 0.3) is 0 Å². The molecule has 1 aromatic rings. The fourth-order valence-electron chi connectivity index (χ4n) is 2.21. The first-order valence-electron chi connectivity index (χ1n) is 7.29. The molecule has 1 amide bonds. The van der Waals surface area contributed by atoms with Crippen LogP contribution in [-0.2, 0) is 11.3 Å². The van der Waals surface area contributed by atoms with Crippen molar-refractivity contribution in [3.8, 4) is 0 Å². The van der Waals surface area contributed by atoms with Crippen LogP contribution in [0.2, 0.25) is 0 Å². The van der Waals surface area contributed by atoms with Gasteiger partial charge in [-0.1, -0.05) is 12.0 Å². The molecule has 1 aliphatic rings. The normalized spacial score (nSPS) is 16.4. The van der Waals surface area contributed by atoms with E-state index in [0.29, 0.717) is 18.5 Å². The average Bonchev–Trinajstić information content (AvgIpc) is 3.09. The van der Waals surface area contributed by atoms with Crippen LogP contribution in [0.3, 0.4) is 0 Å². The van der Waals surface area contributed by atoms with Gasteiger partial charge in [-0.2, -0.15) is 0 Å². The predicted molar refractivity (Wildman–Crippen MR) is 75.2 cm³/mol. The van der Waals surface area contributed by atoms with E-state index >= 15 is 0 Å². The second kappa shape index (κ2) is 7.23. The van der Waals surface area contributed by atoms with Crippen LogP contribution in [0.4, 0.5) is 6.01 Å². The third kappa shape index (κ3) is 3.93. The first-order valence-corrected chi connectivity index (χ1v) is 7.29. The lowest BCUT2D eigenvalue weighted by Gasteiger charge is -2.20. The van der Waals surface area contributed by atoms with E-state index < -0.39 is 0 Å². The number of aromatic nitrogens is 2. The Morgan fingerprint density at radius 2 is 2.15 bits per heavy atom. The first kappa shape index (κ1) is 14.8. The molecule has 1 atom stereocenters. The van der Waals surface area contributed by atoms with Crippen LogP contribution in [0, 0.1) is 0 Å². The van der Waals surface area contributed by atoms with Crippen molar-refractivity contribution in [3.63, 3.8) is 0 Å². The highest BCUT2D eigenvalue weighted by molar-refractivity contribution is 5.83. The van der Waals surface area contributed by atoms with Crippen molar-refractivity contribution in [3.05, 3.63) is 5.89 Å². The molecule has 7 nitrogen and oxygen atoms in total. The Hall–Kier alpha value is -1.63. The summed E-state index contributed by atoms with van der Waals surface area (Å²) in [6.07, 6.45) is 3.24. The van der Waals surface area contributed by atoms with E-state index in [1.165, 1.54) is 0 Å². The molecule has 0 spiro atoms. The van der Waals surface area contributed by atoms with E-state index in [2.05, 4.69) is 27.8 Å². The molecule has 20 heavy (non-hydrogen) atoms. The average molecular weight is 281 g/mol. The van der Waals surface area contributed by atoms with Crippen molar-refractivity contribution in [2.75, 3.05) is 25.0 Å². The van der Waals surface area contributed by atoms with E-state index in [0.717, 1.165) is 38.9 Å². The molecular weight excluding hydrogens is 258 g/mol. The van der Waals surface area contributed by atoms with Gasteiger partial charge >= 0.3 is 6.01 Å². The largest absolute Gasteiger partial charge is 0.407 e. The molecule has 0 aromatic carbocycles. The summed E-state index contributed by atoms with van der Waals surface area (Å²) in [5.41, 5.74) is 0. The number of likely N-dealkylation sites (tertiary alicyclic amines) is 1. The molecule has 0 bridgehead atoms. The van der Waals surface area contributed by atoms with Gasteiger partial charge in [-0.05, 0) is 32.7 Å². The summed E-state index contributed by atoms with van der Waals surface area (Å²) >= 11 is 0. The van der Waals surface area contributed by atoms with Crippen LogP contribution in [0.5, 0.6) is 0 Å². The van der Waals surface area contributed by atoms with Crippen LogP contribution in [0.15, 0.2) is 4.42 Å². The van der Waals surface area contributed by atoms with Gasteiger partial charge < -0.3 is 20.0 Å². The second-order valence-electron chi connectivity index (χ2n) is 5.08. The second-order valence-corrected chi connectivity index (χ2v) is 5.08. The quantitative estimate of drug-likeness (QED) is 0.725. The van der Waals surface area contributed by atoms with Gasteiger partial charge in [-0.15, -0.1) is 5.10 Å². The maximum Gasteiger partial charge on any atom is 0.316 e. The molecule has 1 fully saturated rings. The molecule has 2 rings (SSSR count). The molecule has 1 aliphatic heterocycles. The molecule has 7 heteroatoms. The lowest BCUT2D eigenvalue weighted by Crippen LogP contribution is -2.39. The number of amides is 1. The molecular formula is C13H23N5O2. The van der Waals surface area contributed by atoms with E-state index in [1.54, 1.807) is 0 Å². The number of carbonyl (C=O) groups excluding carboxylic acids is 1. The molecule has 0 aliphatic carbocycles. The number of hydrogen-bond acceptors (Lipinski definition) is 6. The zero-order valence-corrected chi connectivity index (χ0v) is 12.2. The van der Waals surface area contributed by atoms with Crippen LogP contribution in [0.1, 0.15) is 39.0 Å². The van der Waals surface area contributed by atoms with E-state index in [-0.39, 0.29) is 11.9 Å². The number of carbonyl (C=O) groups is 1. The topological polar surface area (TPSA) is 83.3 Å². The molecule has 2 heterocycles. The summed E-state index contributed by atoms with van der Waals surface area (Å²) < 4.78 is 5.45. The Balaban J connectivity index is 1.81. The fraction of sp³-hybridized carbons (Fsp3) is 0.769. The predicted octanol–water partition coefficient (Wildman–Crippen LogP) is 0.992. The van der Waals surface area contributed by atoms with Crippen LogP contribution in [0.25, 0.3) is 0 Å². The van der Waals surface area contributed by atoms with Crippen molar-refractivity contribution >= 4 is 11.9 Å². The van der Waals surface area contributed by atoms with Gasteiger partial charge in [0, 0.05) is 13.1 Å². The van der Waals surface area contributed by atoms with Gasteiger partial charge in [-0.3, -0.25) is 4.79 Å². The van der Waals surface area contributed by atoms with Gasteiger partial charge in [0.05, 0.1) is 6.54 Å². The lowest BCUT2D eigenvalue weighted by atomic mass is 10.3. The van der Waals surface area contributed by atoms with Crippen molar-refractivity contribution in [1.29, 1.82) is 0 Å².